The van der Waals surface area contributed by atoms with Gasteiger partial charge in [0.05, 0.1) is 14.2 Å². The zero-order valence-electron chi connectivity index (χ0n) is 17.5. The van der Waals surface area contributed by atoms with Gasteiger partial charge in [-0.15, -0.1) is 24.0 Å². The summed E-state index contributed by atoms with van der Waals surface area (Å²) in [7, 11) is 5.19. The summed E-state index contributed by atoms with van der Waals surface area (Å²) in [6, 6.07) is 4.62. The maximum atomic E-state index is 5.44. The molecule has 1 atom stereocenters. The summed E-state index contributed by atoms with van der Waals surface area (Å²) in [6.07, 6.45) is 1.03. The van der Waals surface area contributed by atoms with Gasteiger partial charge in [-0.05, 0) is 42.5 Å². The molecule has 0 aliphatic carbocycles. The monoisotopic (exact) mass is 490 g/mol. The highest BCUT2D eigenvalue weighted by Crippen LogP contribution is 2.33. The number of methoxy groups -OCH3 is 2. The van der Waals surface area contributed by atoms with Crippen LogP contribution < -0.4 is 20.1 Å². The minimum absolute atomic E-state index is 0. The van der Waals surface area contributed by atoms with Crippen LogP contribution in [0.15, 0.2) is 17.1 Å². The number of ether oxygens (including phenoxy) is 2. The van der Waals surface area contributed by atoms with Crippen LogP contribution in [0.5, 0.6) is 11.5 Å². The van der Waals surface area contributed by atoms with E-state index in [1.807, 2.05) is 7.05 Å². The Balaban J connectivity index is 0.00000364. The number of nitrogens with one attached hydrogen (secondary N) is 2. The summed E-state index contributed by atoms with van der Waals surface area (Å²) in [5, 5.41) is 6.86. The van der Waals surface area contributed by atoms with E-state index in [9.17, 15) is 0 Å². The molecule has 2 N–H and O–H groups in total. The van der Waals surface area contributed by atoms with Gasteiger partial charge in [0.2, 0.25) is 0 Å². The van der Waals surface area contributed by atoms with E-state index < -0.39 is 0 Å². The molecule has 0 radical (unpaired) electrons. The fourth-order valence-electron chi connectivity index (χ4n) is 3.04. The molecular weight excluding hydrogens is 455 g/mol. The summed E-state index contributed by atoms with van der Waals surface area (Å²) in [6.45, 7) is 10.4. The summed E-state index contributed by atoms with van der Waals surface area (Å²) in [5.41, 5.74) is 2.68. The number of nitrogens with zero attached hydrogens (tertiary/aromatic N) is 2. The number of hydrogen-bond donors (Lipinski definition) is 2. The molecule has 0 bridgehead atoms. The predicted octanol–water partition coefficient (Wildman–Crippen LogP) is 2.89. The van der Waals surface area contributed by atoms with Gasteiger partial charge >= 0.3 is 0 Å². The van der Waals surface area contributed by atoms with Crippen LogP contribution in [0.3, 0.4) is 0 Å². The van der Waals surface area contributed by atoms with Gasteiger partial charge in [-0.1, -0.05) is 13.8 Å². The number of rotatable bonds is 7. The number of aliphatic imine (C=N–C) groups is 1. The van der Waals surface area contributed by atoms with E-state index >= 15 is 0 Å². The van der Waals surface area contributed by atoms with Crippen LogP contribution in [0.1, 0.15) is 31.9 Å². The van der Waals surface area contributed by atoms with Crippen molar-refractivity contribution in [3.05, 3.63) is 23.3 Å². The normalized spacial score (nSPS) is 15.6. The van der Waals surface area contributed by atoms with Gasteiger partial charge < -0.3 is 20.1 Å². The molecule has 27 heavy (non-hydrogen) atoms. The lowest BCUT2D eigenvalue weighted by atomic mass is 9.99. The lowest BCUT2D eigenvalue weighted by Crippen LogP contribution is -2.46. The van der Waals surface area contributed by atoms with Crippen molar-refractivity contribution in [1.29, 1.82) is 0 Å². The fraction of sp³-hybridized carbons (Fsp3) is 0.650. The standard InChI is InChI=1S/C20H34N4O2.HI/c1-14(2)15(3)23-20(21-4)22-8-10-24-9-7-16-11-18(25-5)19(26-6)12-17(16)13-24;/h11-12,14-15H,7-10,13H2,1-6H3,(H2,21,22,23);1H. The molecule has 0 spiro atoms. The van der Waals surface area contributed by atoms with E-state index in [-0.39, 0.29) is 24.0 Å². The molecule has 1 unspecified atom stereocenters. The highest BCUT2D eigenvalue weighted by molar-refractivity contribution is 14.0. The van der Waals surface area contributed by atoms with Crippen molar-refractivity contribution in [2.24, 2.45) is 10.9 Å². The number of halogens is 1. The summed E-state index contributed by atoms with van der Waals surface area (Å²) < 4.78 is 10.9. The SMILES string of the molecule is CN=C(NCCN1CCc2cc(OC)c(OC)cc2C1)NC(C)C(C)C.I. The number of fused-ring (bicyclic) bond motifs is 1. The second-order valence-electron chi connectivity index (χ2n) is 7.18. The van der Waals surface area contributed by atoms with Gasteiger partial charge in [-0.3, -0.25) is 9.89 Å². The average molecular weight is 490 g/mol. The van der Waals surface area contributed by atoms with Crippen LogP contribution >= 0.6 is 24.0 Å². The molecule has 6 nitrogen and oxygen atoms in total. The van der Waals surface area contributed by atoms with Crippen LogP contribution in [0.4, 0.5) is 0 Å². The molecule has 1 aliphatic rings. The molecule has 1 heterocycles. The lowest BCUT2D eigenvalue weighted by Gasteiger charge is -2.30. The van der Waals surface area contributed by atoms with Crippen molar-refractivity contribution >= 4 is 29.9 Å². The third-order valence-electron chi connectivity index (χ3n) is 5.11. The van der Waals surface area contributed by atoms with Crippen molar-refractivity contribution in [1.82, 2.24) is 15.5 Å². The first-order chi connectivity index (χ1) is 12.5. The average Bonchev–Trinajstić information content (AvgIpc) is 2.65. The quantitative estimate of drug-likeness (QED) is 0.350. The molecule has 0 amide bonds. The van der Waals surface area contributed by atoms with E-state index in [0.29, 0.717) is 12.0 Å². The number of hydrogen-bond acceptors (Lipinski definition) is 4. The van der Waals surface area contributed by atoms with E-state index in [0.717, 1.165) is 50.1 Å². The Morgan fingerprint density at radius 2 is 1.78 bits per heavy atom. The van der Waals surface area contributed by atoms with Crippen molar-refractivity contribution in [3.63, 3.8) is 0 Å². The Labute approximate surface area is 181 Å². The van der Waals surface area contributed by atoms with Crippen LogP contribution in [0.2, 0.25) is 0 Å². The van der Waals surface area contributed by atoms with Gasteiger partial charge in [0, 0.05) is 39.3 Å². The molecule has 0 fully saturated rings. The molecule has 0 aromatic heterocycles. The van der Waals surface area contributed by atoms with Crippen LogP contribution in [0, 0.1) is 5.92 Å². The zero-order chi connectivity index (χ0) is 19.1. The molecule has 0 saturated heterocycles. The van der Waals surface area contributed by atoms with Crippen molar-refractivity contribution in [2.75, 3.05) is 40.9 Å². The Morgan fingerprint density at radius 1 is 1.15 bits per heavy atom. The fourth-order valence-corrected chi connectivity index (χ4v) is 3.04. The first-order valence-corrected chi connectivity index (χ1v) is 9.41. The van der Waals surface area contributed by atoms with Gasteiger partial charge in [0.1, 0.15) is 0 Å². The van der Waals surface area contributed by atoms with Gasteiger partial charge in [-0.2, -0.15) is 0 Å². The second kappa shape index (κ2) is 11.6. The molecule has 154 valence electrons. The lowest BCUT2D eigenvalue weighted by molar-refractivity contribution is 0.256. The third kappa shape index (κ3) is 6.71. The Kier molecular flexibility index (Phi) is 10.2. The Morgan fingerprint density at radius 3 is 2.33 bits per heavy atom. The summed E-state index contributed by atoms with van der Waals surface area (Å²) >= 11 is 0. The third-order valence-corrected chi connectivity index (χ3v) is 5.11. The largest absolute Gasteiger partial charge is 0.493 e. The molecular formula is C20H35IN4O2. The summed E-state index contributed by atoms with van der Waals surface area (Å²) in [4.78, 5) is 6.78. The molecule has 1 aliphatic heterocycles. The summed E-state index contributed by atoms with van der Waals surface area (Å²) in [5.74, 6) is 3.06. The van der Waals surface area contributed by atoms with E-state index in [1.165, 1.54) is 11.1 Å². The van der Waals surface area contributed by atoms with Crippen LogP contribution in [-0.4, -0.2) is 57.8 Å². The number of benzene rings is 1. The van der Waals surface area contributed by atoms with Gasteiger partial charge in [0.25, 0.3) is 0 Å². The smallest absolute Gasteiger partial charge is 0.191 e. The van der Waals surface area contributed by atoms with E-state index in [1.54, 1.807) is 14.2 Å². The Bertz CT molecular complexity index is 622. The topological polar surface area (TPSA) is 58.1 Å². The maximum Gasteiger partial charge on any atom is 0.191 e. The molecule has 2 rings (SSSR count). The molecule has 0 saturated carbocycles. The molecule has 7 heteroatoms. The first-order valence-electron chi connectivity index (χ1n) is 9.41. The van der Waals surface area contributed by atoms with E-state index in [4.69, 9.17) is 9.47 Å². The van der Waals surface area contributed by atoms with Crippen LogP contribution in [0.25, 0.3) is 0 Å². The van der Waals surface area contributed by atoms with E-state index in [2.05, 4.69) is 53.4 Å². The minimum atomic E-state index is 0. The highest BCUT2D eigenvalue weighted by atomic mass is 127. The predicted molar refractivity (Wildman–Crippen MR) is 123 cm³/mol. The minimum Gasteiger partial charge on any atom is -0.493 e. The number of guanidine groups is 1. The second-order valence-corrected chi connectivity index (χ2v) is 7.18. The zero-order valence-corrected chi connectivity index (χ0v) is 19.8. The molecule has 1 aromatic rings. The van der Waals surface area contributed by atoms with Crippen LogP contribution in [-0.2, 0) is 13.0 Å². The first kappa shape index (κ1) is 23.8. The van der Waals surface area contributed by atoms with Crippen molar-refractivity contribution in [3.8, 4) is 11.5 Å². The van der Waals surface area contributed by atoms with Crippen molar-refractivity contribution in [2.45, 2.75) is 39.8 Å². The van der Waals surface area contributed by atoms with Crippen molar-refractivity contribution < 1.29 is 9.47 Å². The molecule has 1 aromatic carbocycles. The Hall–Kier alpha value is -1.22. The van der Waals surface area contributed by atoms with Gasteiger partial charge in [0.15, 0.2) is 17.5 Å². The maximum absolute atomic E-state index is 5.44. The van der Waals surface area contributed by atoms with Gasteiger partial charge in [-0.25, -0.2) is 0 Å². The highest BCUT2D eigenvalue weighted by Gasteiger charge is 2.19.